The summed E-state index contributed by atoms with van der Waals surface area (Å²) in [7, 11) is 1.44. The van der Waals surface area contributed by atoms with Crippen LogP contribution in [-0.4, -0.2) is 37.9 Å². The van der Waals surface area contributed by atoms with Crippen LogP contribution >= 0.6 is 0 Å². The number of hydrogen-bond donors (Lipinski definition) is 2. The summed E-state index contributed by atoms with van der Waals surface area (Å²) in [5.74, 6) is -0.396. The van der Waals surface area contributed by atoms with Crippen LogP contribution in [0.15, 0.2) is 49.1 Å². The molecule has 3 aromatic heterocycles. The van der Waals surface area contributed by atoms with Crippen LogP contribution in [0.2, 0.25) is 0 Å². The van der Waals surface area contributed by atoms with E-state index in [-0.39, 0.29) is 11.7 Å². The Hall–Kier alpha value is -4.35. The molecule has 0 bridgehead atoms. The first-order valence-corrected chi connectivity index (χ1v) is 9.48. The van der Waals surface area contributed by atoms with E-state index in [1.807, 2.05) is 6.92 Å². The first-order valence-electron chi connectivity index (χ1n) is 9.48. The van der Waals surface area contributed by atoms with Crippen molar-refractivity contribution in [3.05, 3.63) is 65.9 Å². The molecule has 4 rings (SSSR count). The number of benzene rings is 1. The fourth-order valence-electron chi connectivity index (χ4n) is 2.92. The van der Waals surface area contributed by atoms with Crippen LogP contribution in [-0.2, 0) is 6.18 Å². The molecule has 0 radical (unpaired) electrons. The molecule has 0 atom stereocenters. The molecule has 0 aliphatic rings. The standard InChI is InChI=1S/C21H16F3N7O2/c1-11-3-4-13(29-19(32)15-7-12(5-6-25-15)21(22,23)24)8-14(11)30-18-17-16(27-10-28-18)9-26-20(31-17)33-2/h3-10H,1-2H3,(H,29,32)(H,27,28,30). The third-order valence-corrected chi connectivity index (χ3v) is 4.61. The zero-order chi connectivity index (χ0) is 23.6. The number of halogens is 3. The number of hydrogen-bond acceptors (Lipinski definition) is 8. The Morgan fingerprint density at radius 3 is 2.64 bits per heavy atom. The van der Waals surface area contributed by atoms with Crippen molar-refractivity contribution < 1.29 is 22.7 Å². The maximum absolute atomic E-state index is 12.9. The van der Waals surface area contributed by atoms with Gasteiger partial charge in [0.1, 0.15) is 23.1 Å². The Kier molecular flexibility index (Phi) is 5.73. The summed E-state index contributed by atoms with van der Waals surface area (Å²) >= 11 is 0. The molecule has 3 heterocycles. The average Bonchev–Trinajstić information content (AvgIpc) is 2.80. The molecule has 0 spiro atoms. The Labute approximate surface area is 185 Å². The van der Waals surface area contributed by atoms with Crippen LogP contribution in [0.1, 0.15) is 21.6 Å². The number of pyridine rings is 1. The smallest absolute Gasteiger partial charge is 0.416 e. The van der Waals surface area contributed by atoms with Gasteiger partial charge in [0, 0.05) is 17.6 Å². The molecule has 33 heavy (non-hydrogen) atoms. The van der Waals surface area contributed by atoms with Gasteiger partial charge in [-0.1, -0.05) is 6.07 Å². The van der Waals surface area contributed by atoms with E-state index in [4.69, 9.17) is 4.74 Å². The van der Waals surface area contributed by atoms with Gasteiger partial charge < -0.3 is 15.4 Å². The fraction of sp³-hybridized carbons (Fsp3) is 0.143. The topological polar surface area (TPSA) is 115 Å². The molecular weight excluding hydrogens is 439 g/mol. The molecule has 2 N–H and O–H groups in total. The molecule has 9 nitrogen and oxygen atoms in total. The van der Waals surface area contributed by atoms with Gasteiger partial charge in [-0.3, -0.25) is 9.78 Å². The number of nitrogens with zero attached hydrogens (tertiary/aromatic N) is 5. The number of rotatable bonds is 5. The van der Waals surface area contributed by atoms with Crippen LogP contribution < -0.4 is 15.4 Å². The number of methoxy groups -OCH3 is 1. The van der Waals surface area contributed by atoms with Crippen LogP contribution in [0.4, 0.5) is 30.4 Å². The number of fused-ring (bicyclic) bond motifs is 1. The van der Waals surface area contributed by atoms with Gasteiger partial charge in [0.15, 0.2) is 5.82 Å². The van der Waals surface area contributed by atoms with E-state index in [0.29, 0.717) is 34.3 Å². The van der Waals surface area contributed by atoms with E-state index >= 15 is 0 Å². The van der Waals surface area contributed by atoms with Gasteiger partial charge in [0.2, 0.25) is 0 Å². The predicted molar refractivity (Wildman–Crippen MR) is 113 cm³/mol. The molecule has 12 heteroatoms. The number of alkyl halides is 3. The lowest BCUT2D eigenvalue weighted by Gasteiger charge is -2.13. The lowest BCUT2D eigenvalue weighted by atomic mass is 10.1. The number of nitrogens with one attached hydrogen (secondary N) is 2. The summed E-state index contributed by atoms with van der Waals surface area (Å²) in [5, 5.41) is 5.69. The summed E-state index contributed by atoms with van der Waals surface area (Å²) in [5.41, 5.74) is 1.35. The highest BCUT2D eigenvalue weighted by Crippen LogP contribution is 2.30. The number of aryl methyl sites for hydroxylation is 1. The molecule has 0 saturated carbocycles. The molecular formula is C21H16F3N7O2. The van der Waals surface area contributed by atoms with Crippen LogP contribution in [0.5, 0.6) is 6.01 Å². The average molecular weight is 455 g/mol. The molecule has 0 saturated heterocycles. The van der Waals surface area contributed by atoms with E-state index < -0.39 is 17.6 Å². The van der Waals surface area contributed by atoms with Gasteiger partial charge >= 0.3 is 12.2 Å². The highest BCUT2D eigenvalue weighted by molar-refractivity contribution is 6.03. The summed E-state index contributed by atoms with van der Waals surface area (Å²) < 4.78 is 43.8. The molecule has 4 aromatic rings. The van der Waals surface area contributed by atoms with Crippen molar-refractivity contribution in [2.24, 2.45) is 0 Å². The normalized spacial score (nSPS) is 11.3. The Balaban J connectivity index is 1.61. The molecule has 0 aliphatic carbocycles. The van der Waals surface area contributed by atoms with Gasteiger partial charge in [-0.15, -0.1) is 0 Å². The molecule has 1 aromatic carbocycles. The van der Waals surface area contributed by atoms with Crippen LogP contribution in [0.3, 0.4) is 0 Å². The number of amides is 1. The molecule has 0 fully saturated rings. The summed E-state index contributed by atoms with van der Waals surface area (Å²) in [6, 6.07) is 6.61. The number of anilines is 3. The summed E-state index contributed by atoms with van der Waals surface area (Å²) in [6.45, 7) is 1.83. The van der Waals surface area contributed by atoms with Gasteiger partial charge in [-0.2, -0.15) is 18.2 Å². The van der Waals surface area contributed by atoms with E-state index in [9.17, 15) is 18.0 Å². The van der Waals surface area contributed by atoms with Gasteiger partial charge in [0.05, 0.1) is 18.9 Å². The Morgan fingerprint density at radius 1 is 1.06 bits per heavy atom. The lowest BCUT2D eigenvalue weighted by molar-refractivity contribution is -0.137. The number of carbonyl (C=O) groups is 1. The van der Waals surface area contributed by atoms with Crippen molar-refractivity contribution in [3.8, 4) is 6.01 Å². The third-order valence-electron chi connectivity index (χ3n) is 4.61. The minimum Gasteiger partial charge on any atom is -0.467 e. The monoisotopic (exact) mass is 455 g/mol. The number of ether oxygens (including phenoxy) is 1. The second-order valence-corrected chi connectivity index (χ2v) is 6.85. The summed E-state index contributed by atoms with van der Waals surface area (Å²) in [4.78, 5) is 32.8. The molecule has 0 unspecified atom stereocenters. The SMILES string of the molecule is COc1ncc2ncnc(Nc3cc(NC(=O)c4cc(C(F)(F)F)ccn4)ccc3C)c2n1. The maximum atomic E-state index is 12.9. The summed E-state index contributed by atoms with van der Waals surface area (Å²) in [6.07, 6.45) is -0.790. The van der Waals surface area contributed by atoms with Gasteiger partial charge in [0.25, 0.3) is 5.91 Å². The number of carbonyl (C=O) groups excluding carboxylic acids is 1. The highest BCUT2D eigenvalue weighted by Gasteiger charge is 2.31. The predicted octanol–water partition coefficient (Wildman–Crippen LogP) is 4.15. The zero-order valence-corrected chi connectivity index (χ0v) is 17.3. The molecule has 1 amide bonds. The van der Waals surface area contributed by atoms with E-state index in [1.54, 1.807) is 18.2 Å². The zero-order valence-electron chi connectivity index (χ0n) is 17.3. The first kappa shape index (κ1) is 21.9. The fourth-order valence-corrected chi connectivity index (χ4v) is 2.92. The van der Waals surface area contributed by atoms with Crippen molar-refractivity contribution in [1.29, 1.82) is 0 Å². The van der Waals surface area contributed by atoms with Crippen molar-refractivity contribution in [2.75, 3.05) is 17.7 Å². The highest BCUT2D eigenvalue weighted by atomic mass is 19.4. The Morgan fingerprint density at radius 2 is 1.88 bits per heavy atom. The largest absolute Gasteiger partial charge is 0.467 e. The van der Waals surface area contributed by atoms with Gasteiger partial charge in [-0.25, -0.2) is 15.0 Å². The maximum Gasteiger partial charge on any atom is 0.416 e. The molecule has 168 valence electrons. The van der Waals surface area contributed by atoms with Crippen molar-refractivity contribution in [3.63, 3.8) is 0 Å². The number of aromatic nitrogens is 5. The first-order chi connectivity index (χ1) is 15.7. The van der Waals surface area contributed by atoms with Crippen LogP contribution in [0.25, 0.3) is 11.0 Å². The second kappa shape index (κ2) is 8.65. The minimum atomic E-state index is -4.58. The van der Waals surface area contributed by atoms with E-state index in [2.05, 4.69) is 35.6 Å². The van der Waals surface area contributed by atoms with Gasteiger partial charge in [-0.05, 0) is 36.8 Å². The van der Waals surface area contributed by atoms with Crippen LogP contribution in [0, 0.1) is 6.92 Å². The second-order valence-electron chi connectivity index (χ2n) is 6.85. The Bertz CT molecular complexity index is 1350. The third kappa shape index (κ3) is 4.79. The lowest BCUT2D eigenvalue weighted by Crippen LogP contribution is -2.15. The van der Waals surface area contributed by atoms with Crippen molar-refractivity contribution in [1.82, 2.24) is 24.9 Å². The minimum absolute atomic E-state index is 0.145. The van der Waals surface area contributed by atoms with E-state index in [1.165, 1.54) is 19.6 Å². The molecule has 0 aliphatic heterocycles. The van der Waals surface area contributed by atoms with Crippen molar-refractivity contribution >= 4 is 34.1 Å². The van der Waals surface area contributed by atoms with Crippen molar-refractivity contribution in [2.45, 2.75) is 13.1 Å². The quantitative estimate of drug-likeness (QED) is 0.461. The van der Waals surface area contributed by atoms with E-state index in [0.717, 1.165) is 17.8 Å².